The zero-order chi connectivity index (χ0) is 8.84. The predicted molar refractivity (Wildman–Crippen MR) is 46.0 cm³/mol. The van der Waals surface area contributed by atoms with Gasteiger partial charge >= 0.3 is 0 Å². The van der Waals surface area contributed by atoms with Crippen LogP contribution in [0.2, 0.25) is 0 Å². The summed E-state index contributed by atoms with van der Waals surface area (Å²) in [5.41, 5.74) is 8.67. The Morgan fingerprint density at radius 1 is 1.46 bits per heavy atom. The van der Waals surface area contributed by atoms with Gasteiger partial charge in [0.2, 0.25) is 0 Å². The van der Waals surface area contributed by atoms with Crippen LogP contribution in [0.4, 0.5) is 0 Å². The van der Waals surface area contributed by atoms with Crippen molar-refractivity contribution < 1.29 is 0 Å². The quantitative estimate of drug-likeness (QED) is 0.615. The zero-order valence-electron chi connectivity index (χ0n) is 7.01. The van der Waals surface area contributed by atoms with Crippen LogP contribution in [0.1, 0.15) is 23.9 Å². The third-order valence-corrected chi connectivity index (χ3v) is 2.48. The average Bonchev–Trinajstić information content (AvgIpc) is 2.70. The Hall–Kier alpha value is -1.49. The van der Waals surface area contributed by atoms with E-state index in [9.17, 15) is 0 Å². The lowest BCUT2D eigenvalue weighted by Gasteiger charge is -2.02. The fourth-order valence-corrected chi connectivity index (χ4v) is 1.80. The zero-order valence-corrected chi connectivity index (χ0v) is 7.01. The molecule has 0 aromatic carbocycles. The average molecular weight is 175 g/mol. The lowest BCUT2D eigenvalue weighted by molar-refractivity contribution is 0.689. The molecule has 2 heterocycles. The molecule has 2 aromatic heterocycles. The molecule has 2 aromatic rings. The minimum absolute atomic E-state index is 0.0381. The fraction of sp³-hybridized carbons (Fsp3) is 0.375. The molecule has 0 spiro atoms. The summed E-state index contributed by atoms with van der Waals surface area (Å²) in [5.74, 6) is 0. The van der Waals surface area contributed by atoms with Gasteiger partial charge in [-0.05, 0) is 12.8 Å². The van der Waals surface area contributed by atoms with Crippen LogP contribution in [0.5, 0.6) is 0 Å². The lowest BCUT2D eigenvalue weighted by Crippen LogP contribution is -2.10. The maximum atomic E-state index is 5.86. The van der Waals surface area contributed by atoms with Crippen molar-refractivity contribution in [3.63, 3.8) is 0 Å². The second-order valence-electron chi connectivity index (χ2n) is 3.28. The molecule has 0 amide bonds. The fourth-order valence-electron chi connectivity index (χ4n) is 1.80. The molecule has 2 N–H and O–H groups in total. The van der Waals surface area contributed by atoms with Gasteiger partial charge in [0.25, 0.3) is 0 Å². The van der Waals surface area contributed by atoms with Gasteiger partial charge in [0, 0.05) is 6.07 Å². The van der Waals surface area contributed by atoms with Crippen molar-refractivity contribution in [1.82, 2.24) is 19.8 Å². The molecule has 1 atom stereocenters. The van der Waals surface area contributed by atoms with Gasteiger partial charge in [-0.1, -0.05) is 0 Å². The summed E-state index contributed by atoms with van der Waals surface area (Å²) in [6.07, 6.45) is 3.63. The molecule has 1 aliphatic carbocycles. The molecule has 0 aliphatic heterocycles. The number of nitrogens with zero attached hydrogens (tertiary/aromatic N) is 4. The third-order valence-electron chi connectivity index (χ3n) is 2.48. The highest BCUT2D eigenvalue weighted by Gasteiger charge is 2.24. The molecular weight excluding hydrogens is 166 g/mol. The molecule has 5 heteroatoms. The summed E-state index contributed by atoms with van der Waals surface area (Å²) in [6.45, 7) is 0. The number of aryl methyl sites for hydroxylation is 1. The minimum atomic E-state index is 0.0381. The Kier molecular flexibility index (Phi) is 1.21. The Labute approximate surface area is 74.6 Å². The Bertz CT molecular complexity index is 461. The van der Waals surface area contributed by atoms with Gasteiger partial charge in [-0.25, -0.2) is 4.52 Å². The molecule has 0 radical (unpaired) electrons. The molecule has 1 aliphatic rings. The number of nitrogens with two attached hydrogens (primary N) is 1. The van der Waals surface area contributed by atoms with Crippen LogP contribution in [-0.2, 0) is 6.42 Å². The van der Waals surface area contributed by atoms with Crippen molar-refractivity contribution in [3.8, 4) is 0 Å². The number of rotatable bonds is 0. The molecule has 5 nitrogen and oxygen atoms in total. The Morgan fingerprint density at radius 2 is 2.38 bits per heavy atom. The first-order valence-electron chi connectivity index (χ1n) is 4.31. The monoisotopic (exact) mass is 175 g/mol. The van der Waals surface area contributed by atoms with E-state index in [0.29, 0.717) is 0 Å². The summed E-state index contributed by atoms with van der Waals surface area (Å²) in [6, 6.07) is 1.88. The smallest absolute Gasteiger partial charge is 0.177 e. The first-order valence-corrected chi connectivity index (χ1v) is 4.31. The van der Waals surface area contributed by atoms with Crippen LogP contribution in [0.15, 0.2) is 12.3 Å². The van der Waals surface area contributed by atoms with E-state index < -0.39 is 0 Å². The third kappa shape index (κ3) is 0.818. The molecule has 0 saturated carbocycles. The highest BCUT2D eigenvalue weighted by Crippen LogP contribution is 2.26. The highest BCUT2D eigenvalue weighted by atomic mass is 15.3. The van der Waals surface area contributed by atoms with Gasteiger partial charge in [-0.2, -0.15) is 5.10 Å². The summed E-state index contributed by atoms with van der Waals surface area (Å²) >= 11 is 0. The van der Waals surface area contributed by atoms with Crippen molar-refractivity contribution in [2.24, 2.45) is 5.73 Å². The van der Waals surface area contributed by atoms with Crippen LogP contribution in [-0.4, -0.2) is 19.8 Å². The second kappa shape index (κ2) is 2.26. The van der Waals surface area contributed by atoms with Gasteiger partial charge in [-0.15, -0.1) is 10.2 Å². The largest absolute Gasteiger partial charge is 0.323 e. The van der Waals surface area contributed by atoms with Gasteiger partial charge < -0.3 is 5.73 Å². The van der Waals surface area contributed by atoms with Gasteiger partial charge in [0.15, 0.2) is 5.65 Å². The van der Waals surface area contributed by atoms with Crippen LogP contribution in [0.25, 0.3) is 5.65 Å². The second-order valence-corrected chi connectivity index (χ2v) is 3.28. The van der Waals surface area contributed by atoms with E-state index in [1.54, 1.807) is 6.20 Å². The summed E-state index contributed by atoms with van der Waals surface area (Å²) in [5, 5.41) is 12.3. The van der Waals surface area contributed by atoms with Crippen LogP contribution in [0, 0.1) is 0 Å². The van der Waals surface area contributed by atoms with Crippen LogP contribution < -0.4 is 5.73 Å². The maximum Gasteiger partial charge on any atom is 0.177 e. The SMILES string of the molecule is NC1CCc2c1nnc1ccnn21. The highest BCUT2D eigenvalue weighted by molar-refractivity contribution is 5.38. The molecule has 0 saturated heterocycles. The van der Waals surface area contributed by atoms with Crippen LogP contribution in [0.3, 0.4) is 0 Å². The van der Waals surface area contributed by atoms with E-state index in [0.717, 1.165) is 29.9 Å². The van der Waals surface area contributed by atoms with Crippen molar-refractivity contribution in [3.05, 3.63) is 23.7 Å². The molecular formula is C8H9N5. The van der Waals surface area contributed by atoms with Gasteiger partial charge in [0.05, 0.1) is 17.9 Å². The van der Waals surface area contributed by atoms with E-state index >= 15 is 0 Å². The minimum Gasteiger partial charge on any atom is -0.323 e. The lowest BCUT2D eigenvalue weighted by atomic mass is 10.3. The summed E-state index contributed by atoms with van der Waals surface area (Å²) in [7, 11) is 0. The Morgan fingerprint density at radius 3 is 3.31 bits per heavy atom. The number of aromatic nitrogens is 4. The standard InChI is InChI=1S/C8H9N5/c9-5-1-2-6-8(5)12-11-7-3-4-10-13(6)7/h3-5H,1-2,9H2. The normalized spacial score (nSPS) is 20.8. The van der Waals surface area contributed by atoms with E-state index in [-0.39, 0.29) is 6.04 Å². The van der Waals surface area contributed by atoms with Crippen LogP contribution >= 0.6 is 0 Å². The number of fused-ring (bicyclic) bond motifs is 3. The number of hydrogen-bond acceptors (Lipinski definition) is 4. The van der Waals surface area contributed by atoms with Crippen molar-refractivity contribution in [1.29, 1.82) is 0 Å². The maximum absolute atomic E-state index is 5.86. The first kappa shape index (κ1) is 6.97. The molecule has 3 rings (SSSR count). The van der Waals surface area contributed by atoms with E-state index in [4.69, 9.17) is 5.73 Å². The topological polar surface area (TPSA) is 69.1 Å². The predicted octanol–water partition coefficient (Wildman–Crippen LogP) is 0.0703. The van der Waals surface area contributed by atoms with Gasteiger partial charge in [-0.3, -0.25) is 0 Å². The van der Waals surface area contributed by atoms with Crippen molar-refractivity contribution in [2.45, 2.75) is 18.9 Å². The molecule has 0 bridgehead atoms. The molecule has 1 unspecified atom stereocenters. The molecule has 13 heavy (non-hydrogen) atoms. The molecule has 66 valence electrons. The Balaban J connectivity index is 2.39. The first-order chi connectivity index (χ1) is 6.36. The number of hydrogen-bond donors (Lipinski definition) is 1. The van der Waals surface area contributed by atoms with Crippen molar-refractivity contribution >= 4 is 5.65 Å². The van der Waals surface area contributed by atoms with Gasteiger partial charge in [0.1, 0.15) is 5.69 Å². The summed E-state index contributed by atoms with van der Waals surface area (Å²) in [4.78, 5) is 0. The summed E-state index contributed by atoms with van der Waals surface area (Å²) < 4.78 is 1.83. The van der Waals surface area contributed by atoms with E-state index in [1.165, 1.54) is 0 Å². The molecule has 0 fully saturated rings. The van der Waals surface area contributed by atoms with E-state index in [1.807, 2.05) is 10.6 Å². The van der Waals surface area contributed by atoms with E-state index in [2.05, 4.69) is 15.3 Å². The van der Waals surface area contributed by atoms with Crippen molar-refractivity contribution in [2.75, 3.05) is 0 Å².